The number of hydrogen-bond acceptors (Lipinski definition) is 4. The third-order valence-corrected chi connectivity index (χ3v) is 4.97. The average molecular weight is 266 g/mol. The van der Waals surface area contributed by atoms with E-state index in [2.05, 4.69) is 36.8 Å². The molecule has 2 rings (SSSR count). The Morgan fingerprint density at radius 1 is 1.44 bits per heavy atom. The first-order valence-corrected chi connectivity index (χ1v) is 7.46. The first kappa shape index (κ1) is 13.7. The van der Waals surface area contributed by atoms with E-state index in [0.29, 0.717) is 12.6 Å². The van der Waals surface area contributed by atoms with E-state index in [-0.39, 0.29) is 5.78 Å². The summed E-state index contributed by atoms with van der Waals surface area (Å²) < 4.78 is 0. The summed E-state index contributed by atoms with van der Waals surface area (Å²) in [6.07, 6.45) is 1.02. The van der Waals surface area contributed by atoms with Crippen LogP contribution >= 0.6 is 11.3 Å². The molecule has 1 fully saturated rings. The molecular formula is C14H22N2OS. The summed E-state index contributed by atoms with van der Waals surface area (Å²) in [4.78, 5) is 19.0. The van der Waals surface area contributed by atoms with Gasteiger partial charge in [-0.2, -0.15) is 0 Å². The molecule has 3 nitrogen and oxygen atoms in total. The molecule has 0 aromatic carbocycles. The standard InChI is InChI=1S/C14H22N2OS/c1-4-12-5-6-14(18-12)13(17)10-16-8-7-15(3)11(2)9-16/h5-6,11H,4,7-10H2,1-3H3. The van der Waals surface area contributed by atoms with Crippen LogP contribution in [0.2, 0.25) is 0 Å². The lowest BCUT2D eigenvalue weighted by Gasteiger charge is -2.37. The van der Waals surface area contributed by atoms with Gasteiger partial charge < -0.3 is 4.90 Å². The number of ketones is 1. The Kier molecular flexibility index (Phi) is 4.54. The predicted octanol–water partition coefficient (Wildman–Crippen LogP) is 2.13. The fourth-order valence-corrected chi connectivity index (χ4v) is 3.14. The van der Waals surface area contributed by atoms with Crippen LogP contribution in [0.5, 0.6) is 0 Å². The van der Waals surface area contributed by atoms with Crippen molar-refractivity contribution in [1.82, 2.24) is 9.80 Å². The van der Waals surface area contributed by atoms with Crippen LogP contribution in [0, 0.1) is 0 Å². The third-order valence-electron chi connectivity index (χ3n) is 3.70. The molecule has 1 atom stereocenters. The van der Waals surface area contributed by atoms with Crippen LogP contribution in [0.1, 0.15) is 28.4 Å². The molecule has 0 N–H and O–H groups in total. The van der Waals surface area contributed by atoms with Gasteiger partial charge in [-0.3, -0.25) is 9.69 Å². The molecule has 0 saturated carbocycles. The Labute approximate surface area is 113 Å². The van der Waals surface area contributed by atoms with Gasteiger partial charge in [-0.05, 0) is 32.5 Å². The maximum absolute atomic E-state index is 12.2. The number of likely N-dealkylation sites (N-methyl/N-ethyl adjacent to an activating group) is 1. The summed E-state index contributed by atoms with van der Waals surface area (Å²) in [6, 6.07) is 4.59. The third kappa shape index (κ3) is 3.19. The molecule has 4 heteroatoms. The Bertz CT molecular complexity index is 416. The second kappa shape index (κ2) is 5.95. The smallest absolute Gasteiger partial charge is 0.186 e. The minimum Gasteiger partial charge on any atom is -0.301 e. The van der Waals surface area contributed by atoms with Gasteiger partial charge in [-0.25, -0.2) is 0 Å². The van der Waals surface area contributed by atoms with Crippen molar-refractivity contribution in [2.45, 2.75) is 26.3 Å². The quantitative estimate of drug-likeness (QED) is 0.780. The molecule has 1 saturated heterocycles. The van der Waals surface area contributed by atoms with Gasteiger partial charge >= 0.3 is 0 Å². The van der Waals surface area contributed by atoms with Gasteiger partial charge in [0.05, 0.1) is 11.4 Å². The van der Waals surface area contributed by atoms with E-state index in [9.17, 15) is 4.79 Å². The number of thiophene rings is 1. The predicted molar refractivity (Wildman–Crippen MR) is 76.6 cm³/mol. The molecule has 2 heterocycles. The molecular weight excluding hydrogens is 244 g/mol. The first-order valence-electron chi connectivity index (χ1n) is 6.64. The Hall–Kier alpha value is -0.710. The molecule has 0 spiro atoms. The maximum atomic E-state index is 12.2. The summed E-state index contributed by atoms with van der Waals surface area (Å²) in [5.74, 6) is 0.274. The molecule has 100 valence electrons. The van der Waals surface area contributed by atoms with Crippen molar-refractivity contribution in [2.24, 2.45) is 0 Å². The highest BCUT2D eigenvalue weighted by molar-refractivity contribution is 7.14. The van der Waals surface area contributed by atoms with E-state index in [0.717, 1.165) is 30.9 Å². The normalized spacial score (nSPS) is 22.3. The van der Waals surface area contributed by atoms with Crippen LogP contribution in [-0.2, 0) is 6.42 Å². The Morgan fingerprint density at radius 3 is 2.83 bits per heavy atom. The Balaban J connectivity index is 1.91. The summed E-state index contributed by atoms with van der Waals surface area (Å²) in [5.41, 5.74) is 0. The topological polar surface area (TPSA) is 23.6 Å². The number of hydrogen-bond donors (Lipinski definition) is 0. The van der Waals surface area contributed by atoms with Crippen molar-refractivity contribution in [3.63, 3.8) is 0 Å². The highest BCUT2D eigenvalue weighted by atomic mass is 32.1. The number of aryl methyl sites for hydroxylation is 1. The largest absolute Gasteiger partial charge is 0.301 e. The minimum atomic E-state index is 0.274. The number of nitrogens with zero attached hydrogens (tertiary/aromatic N) is 2. The fourth-order valence-electron chi connectivity index (χ4n) is 2.27. The lowest BCUT2D eigenvalue weighted by atomic mass is 10.2. The fraction of sp³-hybridized carbons (Fsp3) is 0.643. The highest BCUT2D eigenvalue weighted by Gasteiger charge is 2.22. The van der Waals surface area contributed by atoms with E-state index in [4.69, 9.17) is 0 Å². The number of piperazine rings is 1. The van der Waals surface area contributed by atoms with E-state index < -0.39 is 0 Å². The van der Waals surface area contributed by atoms with Crippen molar-refractivity contribution in [2.75, 3.05) is 33.2 Å². The molecule has 0 aliphatic carbocycles. The maximum Gasteiger partial charge on any atom is 0.186 e. The molecule has 1 aromatic heterocycles. The molecule has 0 bridgehead atoms. The van der Waals surface area contributed by atoms with Crippen LogP contribution < -0.4 is 0 Å². The van der Waals surface area contributed by atoms with Crippen molar-refractivity contribution >= 4 is 17.1 Å². The summed E-state index contributed by atoms with van der Waals surface area (Å²) in [7, 11) is 2.15. The van der Waals surface area contributed by atoms with Gasteiger partial charge in [0.15, 0.2) is 5.78 Å². The molecule has 1 aliphatic rings. The molecule has 18 heavy (non-hydrogen) atoms. The van der Waals surface area contributed by atoms with Crippen LogP contribution in [0.3, 0.4) is 0 Å². The van der Waals surface area contributed by atoms with E-state index in [1.54, 1.807) is 11.3 Å². The minimum absolute atomic E-state index is 0.274. The summed E-state index contributed by atoms with van der Waals surface area (Å²) in [6.45, 7) is 7.97. The lowest BCUT2D eigenvalue weighted by molar-refractivity contribution is 0.0789. The molecule has 1 unspecified atom stereocenters. The molecule has 1 aromatic rings. The van der Waals surface area contributed by atoms with Crippen LogP contribution in [-0.4, -0.2) is 54.9 Å². The van der Waals surface area contributed by atoms with Crippen molar-refractivity contribution in [3.05, 3.63) is 21.9 Å². The Morgan fingerprint density at radius 2 is 2.22 bits per heavy atom. The monoisotopic (exact) mass is 266 g/mol. The van der Waals surface area contributed by atoms with Gasteiger partial charge in [0, 0.05) is 30.6 Å². The van der Waals surface area contributed by atoms with Crippen molar-refractivity contribution < 1.29 is 4.79 Å². The zero-order valence-corrected chi connectivity index (χ0v) is 12.3. The number of rotatable bonds is 4. The average Bonchev–Trinajstić information content (AvgIpc) is 2.82. The number of Topliss-reactive ketones (excluding diaryl/α,β-unsaturated/α-hetero) is 1. The van der Waals surface area contributed by atoms with Gasteiger partial charge in [-0.1, -0.05) is 6.92 Å². The summed E-state index contributed by atoms with van der Waals surface area (Å²) >= 11 is 1.64. The van der Waals surface area contributed by atoms with Gasteiger partial charge in [0.1, 0.15) is 0 Å². The second-order valence-corrected chi connectivity index (χ2v) is 6.28. The molecule has 0 amide bonds. The SMILES string of the molecule is CCc1ccc(C(=O)CN2CCN(C)C(C)C2)s1. The zero-order valence-electron chi connectivity index (χ0n) is 11.5. The van der Waals surface area contributed by atoms with Gasteiger partial charge in [0.25, 0.3) is 0 Å². The number of carbonyl (C=O) groups excluding carboxylic acids is 1. The van der Waals surface area contributed by atoms with Crippen LogP contribution in [0.15, 0.2) is 12.1 Å². The molecule has 1 aliphatic heterocycles. The highest BCUT2D eigenvalue weighted by Crippen LogP contribution is 2.18. The van der Waals surface area contributed by atoms with Crippen LogP contribution in [0.4, 0.5) is 0 Å². The van der Waals surface area contributed by atoms with Crippen LogP contribution in [0.25, 0.3) is 0 Å². The first-order chi connectivity index (χ1) is 8.60. The zero-order chi connectivity index (χ0) is 13.1. The van der Waals surface area contributed by atoms with Gasteiger partial charge in [0.2, 0.25) is 0 Å². The van der Waals surface area contributed by atoms with E-state index >= 15 is 0 Å². The second-order valence-electron chi connectivity index (χ2n) is 5.11. The van der Waals surface area contributed by atoms with Crippen molar-refractivity contribution in [1.29, 1.82) is 0 Å². The van der Waals surface area contributed by atoms with E-state index in [1.807, 2.05) is 6.07 Å². The van der Waals surface area contributed by atoms with Gasteiger partial charge in [-0.15, -0.1) is 11.3 Å². The summed E-state index contributed by atoms with van der Waals surface area (Å²) in [5, 5.41) is 0. The van der Waals surface area contributed by atoms with E-state index in [1.165, 1.54) is 4.88 Å². The lowest BCUT2D eigenvalue weighted by Crippen LogP contribution is -2.51. The molecule has 0 radical (unpaired) electrons. The number of carbonyl (C=O) groups is 1. The van der Waals surface area contributed by atoms with Crippen molar-refractivity contribution in [3.8, 4) is 0 Å².